The van der Waals surface area contributed by atoms with Gasteiger partial charge in [0.25, 0.3) is 5.56 Å². The molecule has 1 aromatic heterocycles. The third kappa shape index (κ3) is 2.37. The minimum absolute atomic E-state index is 0.0613. The van der Waals surface area contributed by atoms with E-state index in [9.17, 15) is 4.79 Å². The molecule has 8 heteroatoms. The number of nitrogens with zero attached hydrogens (tertiary/aromatic N) is 1. The summed E-state index contributed by atoms with van der Waals surface area (Å²) in [4.78, 5) is 12.5. The first kappa shape index (κ1) is 15.5. The van der Waals surface area contributed by atoms with Gasteiger partial charge in [-0.25, -0.2) is 3.96 Å². The summed E-state index contributed by atoms with van der Waals surface area (Å²) in [6, 6.07) is 7.18. The largest absolute Gasteiger partial charge is 0.273 e. The zero-order chi connectivity index (χ0) is 15.3. The van der Waals surface area contributed by atoms with Crippen LogP contribution in [0.5, 0.6) is 0 Å². The summed E-state index contributed by atoms with van der Waals surface area (Å²) in [5.74, 6) is 0. The van der Waals surface area contributed by atoms with Gasteiger partial charge in [0.15, 0.2) is 0 Å². The van der Waals surface area contributed by atoms with E-state index < -0.39 is 0 Å². The highest BCUT2D eigenvalue weighted by molar-refractivity contribution is 7.14. The Bertz CT molecular complexity index is 901. The molecule has 2 aromatic carbocycles. The van der Waals surface area contributed by atoms with Crippen LogP contribution in [-0.2, 0) is 0 Å². The highest BCUT2D eigenvalue weighted by Gasteiger charge is 2.23. The predicted molar refractivity (Wildman–Crippen MR) is 92.5 cm³/mol. The van der Waals surface area contributed by atoms with Gasteiger partial charge in [-0.1, -0.05) is 81.7 Å². The molecular weight excluding hydrogens is 395 g/mol. The molecule has 1 heterocycles. The van der Waals surface area contributed by atoms with Crippen LogP contribution in [0.2, 0.25) is 25.1 Å². The fourth-order valence-corrected chi connectivity index (χ4v) is 4.33. The zero-order valence-corrected chi connectivity index (χ0v) is 14.6. The molecule has 0 unspecified atom stereocenters. The summed E-state index contributed by atoms with van der Waals surface area (Å²) in [6.45, 7) is 0. The Labute approximate surface area is 148 Å². The third-order valence-electron chi connectivity index (χ3n) is 2.88. The van der Waals surface area contributed by atoms with E-state index in [1.807, 2.05) is 12.1 Å². The van der Waals surface area contributed by atoms with E-state index in [-0.39, 0.29) is 36.4 Å². The Balaban J connectivity index is 2.44. The molecule has 0 amide bonds. The summed E-state index contributed by atoms with van der Waals surface area (Å²) in [7, 11) is 0. The second-order valence-corrected chi connectivity index (χ2v) is 6.98. The molecule has 3 aromatic rings. The first-order valence-corrected chi connectivity index (χ1v) is 8.22. The second kappa shape index (κ2) is 5.65. The summed E-state index contributed by atoms with van der Waals surface area (Å²) in [5.41, 5.74) is -0.00205. The first-order chi connectivity index (χ1) is 9.93. The van der Waals surface area contributed by atoms with Gasteiger partial charge in [0.05, 0.1) is 35.2 Å². The lowest BCUT2D eigenvalue weighted by Crippen LogP contribution is -2.12. The molecule has 0 bridgehead atoms. The summed E-state index contributed by atoms with van der Waals surface area (Å²) < 4.78 is 2.17. The maximum Gasteiger partial charge on any atom is 0.273 e. The van der Waals surface area contributed by atoms with Crippen LogP contribution >= 0.6 is 69.5 Å². The summed E-state index contributed by atoms with van der Waals surface area (Å²) >= 11 is 31.6. The Morgan fingerprint density at radius 1 is 0.810 bits per heavy atom. The monoisotopic (exact) mass is 397 g/mol. The molecule has 0 aliphatic rings. The number of aromatic nitrogens is 1. The number of halogens is 5. The molecule has 3 rings (SSSR count). The fraction of sp³-hybridized carbons (Fsp3) is 0. The van der Waals surface area contributed by atoms with Crippen LogP contribution < -0.4 is 5.56 Å². The van der Waals surface area contributed by atoms with Crippen LogP contribution in [0.3, 0.4) is 0 Å². The lowest BCUT2D eigenvalue weighted by molar-refractivity contribution is 1.14. The van der Waals surface area contributed by atoms with E-state index in [1.54, 1.807) is 12.1 Å². The summed E-state index contributed by atoms with van der Waals surface area (Å²) in [5, 5.41) is 0.927. The van der Waals surface area contributed by atoms with Gasteiger partial charge < -0.3 is 0 Å². The smallest absolute Gasteiger partial charge is 0.267 e. The minimum Gasteiger partial charge on any atom is -0.267 e. The Morgan fingerprint density at radius 2 is 1.33 bits per heavy atom. The molecular formula is C13H4Cl5NOS. The van der Waals surface area contributed by atoms with Gasteiger partial charge in [-0.05, 0) is 12.1 Å². The van der Waals surface area contributed by atoms with Crippen molar-refractivity contribution in [1.29, 1.82) is 0 Å². The van der Waals surface area contributed by atoms with Crippen LogP contribution in [0, 0.1) is 0 Å². The van der Waals surface area contributed by atoms with Crippen molar-refractivity contribution in [2.24, 2.45) is 0 Å². The van der Waals surface area contributed by atoms with Crippen LogP contribution in [0.25, 0.3) is 15.8 Å². The molecule has 0 aliphatic heterocycles. The fourth-order valence-electron chi connectivity index (χ4n) is 1.89. The average Bonchev–Trinajstić information content (AvgIpc) is 2.81. The number of hydrogen-bond acceptors (Lipinski definition) is 2. The Kier molecular flexibility index (Phi) is 4.17. The van der Waals surface area contributed by atoms with Crippen molar-refractivity contribution < 1.29 is 0 Å². The van der Waals surface area contributed by atoms with E-state index in [1.165, 1.54) is 15.5 Å². The van der Waals surface area contributed by atoms with E-state index in [0.717, 1.165) is 4.70 Å². The summed E-state index contributed by atoms with van der Waals surface area (Å²) in [6.07, 6.45) is 0. The molecule has 2 nitrogen and oxygen atoms in total. The first-order valence-electron chi connectivity index (χ1n) is 5.56. The molecule has 0 spiro atoms. The number of rotatable bonds is 1. The van der Waals surface area contributed by atoms with Crippen LogP contribution in [-0.4, -0.2) is 3.96 Å². The molecule has 0 aliphatic carbocycles. The van der Waals surface area contributed by atoms with Crippen LogP contribution in [0.15, 0.2) is 29.1 Å². The van der Waals surface area contributed by atoms with Gasteiger partial charge in [0.1, 0.15) is 5.69 Å². The van der Waals surface area contributed by atoms with E-state index >= 15 is 0 Å². The van der Waals surface area contributed by atoms with Crippen molar-refractivity contribution >= 4 is 79.6 Å². The zero-order valence-electron chi connectivity index (χ0n) is 9.96. The normalized spacial score (nSPS) is 11.3. The molecule has 21 heavy (non-hydrogen) atoms. The van der Waals surface area contributed by atoms with Gasteiger partial charge >= 0.3 is 0 Å². The predicted octanol–water partition coefficient (Wildman–Crippen LogP) is 6.32. The third-order valence-corrected chi connectivity index (χ3v) is 6.22. The van der Waals surface area contributed by atoms with Gasteiger partial charge in [-0.2, -0.15) is 0 Å². The molecule has 0 saturated carbocycles. The van der Waals surface area contributed by atoms with E-state index in [4.69, 9.17) is 58.0 Å². The second-order valence-electron chi connectivity index (χ2n) is 4.11. The van der Waals surface area contributed by atoms with E-state index in [2.05, 4.69) is 0 Å². The van der Waals surface area contributed by atoms with E-state index in [0.29, 0.717) is 5.39 Å². The molecule has 0 saturated heterocycles. The molecule has 108 valence electrons. The Hall–Kier alpha value is -0.420. The van der Waals surface area contributed by atoms with Gasteiger partial charge in [0.2, 0.25) is 0 Å². The number of fused-ring (bicyclic) bond motifs is 1. The molecule has 0 radical (unpaired) electrons. The lowest BCUT2D eigenvalue weighted by atomic mass is 10.3. The maximum atomic E-state index is 12.5. The highest BCUT2D eigenvalue weighted by atomic mass is 35.5. The number of hydrogen-bond donors (Lipinski definition) is 0. The standard InChI is InChI=1S/C13H4Cl5NOS/c14-7-8(15)10(17)12(11(18)9(7)16)19-13(20)5-3-1-2-4-6(5)21-19/h1-4H. The van der Waals surface area contributed by atoms with Crippen molar-refractivity contribution in [1.82, 2.24) is 3.96 Å². The molecule has 0 N–H and O–H groups in total. The SMILES string of the molecule is O=c1c2ccccc2sn1-c1c(Cl)c(Cl)c(Cl)c(Cl)c1Cl. The molecule has 0 atom stereocenters. The van der Waals surface area contributed by atoms with Crippen LogP contribution in [0.1, 0.15) is 0 Å². The Morgan fingerprint density at radius 3 is 1.90 bits per heavy atom. The maximum absolute atomic E-state index is 12.5. The van der Waals surface area contributed by atoms with Crippen molar-refractivity contribution in [3.05, 3.63) is 59.7 Å². The van der Waals surface area contributed by atoms with Crippen LogP contribution in [0.4, 0.5) is 0 Å². The molecule has 0 fully saturated rings. The average molecular weight is 400 g/mol. The van der Waals surface area contributed by atoms with Crippen molar-refractivity contribution in [2.45, 2.75) is 0 Å². The van der Waals surface area contributed by atoms with Gasteiger partial charge in [-0.3, -0.25) is 4.79 Å². The lowest BCUT2D eigenvalue weighted by Gasteiger charge is -2.11. The van der Waals surface area contributed by atoms with Crippen molar-refractivity contribution in [3.8, 4) is 5.69 Å². The number of benzene rings is 2. The highest BCUT2D eigenvalue weighted by Crippen LogP contribution is 2.46. The topological polar surface area (TPSA) is 22.0 Å². The van der Waals surface area contributed by atoms with Gasteiger partial charge in [-0.15, -0.1) is 0 Å². The minimum atomic E-state index is -0.242. The van der Waals surface area contributed by atoms with Gasteiger partial charge in [0, 0.05) is 0 Å². The quantitative estimate of drug-likeness (QED) is 0.347. The van der Waals surface area contributed by atoms with Crippen molar-refractivity contribution in [3.63, 3.8) is 0 Å². The van der Waals surface area contributed by atoms with Crippen molar-refractivity contribution in [2.75, 3.05) is 0 Å².